The number of halogens is 1. The van der Waals surface area contributed by atoms with Crippen molar-refractivity contribution in [2.45, 2.75) is 30.6 Å². The molecule has 0 bridgehead atoms. The van der Waals surface area contributed by atoms with E-state index in [1.165, 1.54) is 19.3 Å². The van der Waals surface area contributed by atoms with Crippen molar-refractivity contribution in [1.82, 2.24) is 9.97 Å². The number of hydrogen-bond donors (Lipinski definition) is 1. The summed E-state index contributed by atoms with van der Waals surface area (Å²) in [4.78, 5) is 8.46. The van der Waals surface area contributed by atoms with Crippen molar-refractivity contribution in [3.63, 3.8) is 0 Å². The zero-order valence-electron chi connectivity index (χ0n) is 8.61. The van der Waals surface area contributed by atoms with E-state index in [0.29, 0.717) is 11.3 Å². The van der Waals surface area contributed by atoms with Crippen LogP contribution >= 0.6 is 27.7 Å². The molecule has 1 saturated carbocycles. The van der Waals surface area contributed by atoms with E-state index in [2.05, 4.69) is 37.5 Å². The molecule has 0 aromatic carbocycles. The third-order valence-electron chi connectivity index (χ3n) is 2.69. The van der Waals surface area contributed by atoms with Gasteiger partial charge in [-0.25, -0.2) is 9.97 Å². The van der Waals surface area contributed by atoms with Gasteiger partial charge in [-0.15, -0.1) is 0 Å². The topological polar surface area (TPSA) is 37.8 Å². The minimum absolute atomic E-state index is 0.529. The molecule has 0 radical (unpaired) electrons. The van der Waals surface area contributed by atoms with Crippen LogP contribution in [-0.2, 0) is 0 Å². The third-order valence-corrected chi connectivity index (χ3v) is 4.27. The Kier molecular flexibility index (Phi) is 3.86. The summed E-state index contributed by atoms with van der Waals surface area (Å²) in [5, 5.41) is 4.11. The number of aromatic nitrogens is 2. The summed E-state index contributed by atoms with van der Waals surface area (Å²) in [6.07, 6.45) is 9.56. The van der Waals surface area contributed by atoms with Crippen molar-refractivity contribution in [1.29, 1.82) is 0 Å². The molecular weight excluding hydrogens is 274 g/mol. The van der Waals surface area contributed by atoms with Crippen LogP contribution in [0.4, 0.5) is 5.95 Å². The highest BCUT2D eigenvalue weighted by Crippen LogP contribution is 2.30. The van der Waals surface area contributed by atoms with Gasteiger partial charge in [0.2, 0.25) is 5.95 Å². The molecule has 1 aliphatic rings. The summed E-state index contributed by atoms with van der Waals surface area (Å²) < 4.78 is 0.917. The number of nitrogens with zero attached hydrogens (tertiary/aromatic N) is 2. The molecule has 2 atom stereocenters. The Hall–Kier alpha value is -0.290. The fourth-order valence-electron chi connectivity index (χ4n) is 1.93. The lowest BCUT2D eigenvalue weighted by Crippen LogP contribution is -2.26. The molecule has 1 heterocycles. The normalized spacial score (nSPS) is 25.5. The fourth-order valence-corrected chi connectivity index (χ4v) is 3.07. The Bertz CT molecular complexity index is 317. The van der Waals surface area contributed by atoms with Gasteiger partial charge in [-0.05, 0) is 35.0 Å². The molecular formula is C10H14BrN3S. The molecule has 1 fully saturated rings. The molecule has 3 nitrogen and oxygen atoms in total. The Morgan fingerprint density at radius 3 is 2.80 bits per heavy atom. The van der Waals surface area contributed by atoms with Gasteiger partial charge in [0.1, 0.15) is 0 Å². The van der Waals surface area contributed by atoms with Crippen LogP contribution in [0, 0.1) is 0 Å². The van der Waals surface area contributed by atoms with Crippen molar-refractivity contribution in [2.75, 3.05) is 11.6 Å². The molecule has 0 spiro atoms. The van der Waals surface area contributed by atoms with Crippen LogP contribution in [0.3, 0.4) is 0 Å². The first-order valence-corrected chi connectivity index (χ1v) is 7.14. The molecule has 2 unspecified atom stereocenters. The second-order valence-corrected chi connectivity index (χ2v) is 5.67. The lowest BCUT2D eigenvalue weighted by atomic mass is 10.2. The Morgan fingerprint density at radius 2 is 2.13 bits per heavy atom. The van der Waals surface area contributed by atoms with Crippen molar-refractivity contribution < 1.29 is 0 Å². The van der Waals surface area contributed by atoms with Gasteiger partial charge in [-0.2, -0.15) is 11.8 Å². The smallest absolute Gasteiger partial charge is 0.222 e. The first kappa shape index (κ1) is 11.2. The van der Waals surface area contributed by atoms with E-state index in [1.54, 1.807) is 12.4 Å². The third kappa shape index (κ3) is 2.84. The second kappa shape index (κ2) is 5.16. The van der Waals surface area contributed by atoms with E-state index >= 15 is 0 Å². The molecule has 1 N–H and O–H groups in total. The monoisotopic (exact) mass is 287 g/mol. The van der Waals surface area contributed by atoms with Crippen molar-refractivity contribution in [2.24, 2.45) is 0 Å². The number of anilines is 1. The summed E-state index contributed by atoms with van der Waals surface area (Å²) in [5.74, 6) is 0.740. The van der Waals surface area contributed by atoms with E-state index < -0.39 is 0 Å². The van der Waals surface area contributed by atoms with E-state index in [0.717, 1.165) is 10.4 Å². The molecule has 1 aliphatic carbocycles. The minimum atomic E-state index is 0.529. The summed E-state index contributed by atoms with van der Waals surface area (Å²) in [5.41, 5.74) is 0. The van der Waals surface area contributed by atoms with Gasteiger partial charge < -0.3 is 5.32 Å². The maximum absolute atomic E-state index is 4.23. The van der Waals surface area contributed by atoms with Crippen LogP contribution in [0.25, 0.3) is 0 Å². The standard InChI is InChI=1S/C10H14BrN3S/c1-15-9-4-2-3-8(9)14-10-12-5-7(11)6-13-10/h5-6,8-9H,2-4H2,1H3,(H,12,13,14). The van der Waals surface area contributed by atoms with Gasteiger partial charge in [-0.1, -0.05) is 6.42 Å². The lowest BCUT2D eigenvalue weighted by Gasteiger charge is -2.18. The zero-order valence-corrected chi connectivity index (χ0v) is 11.0. The lowest BCUT2D eigenvalue weighted by molar-refractivity contribution is 0.756. The van der Waals surface area contributed by atoms with Gasteiger partial charge in [0.05, 0.1) is 4.47 Å². The highest BCUT2D eigenvalue weighted by Gasteiger charge is 2.26. The van der Waals surface area contributed by atoms with Crippen LogP contribution in [0.1, 0.15) is 19.3 Å². The average Bonchev–Trinajstić information content (AvgIpc) is 2.69. The van der Waals surface area contributed by atoms with Crippen LogP contribution in [0.2, 0.25) is 0 Å². The molecule has 0 saturated heterocycles. The van der Waals surface area contributed by atoms with E-state index in [1.807, 2.05) is 11.8 Å². The second-order valence-electron chi connectivity index (χ2n) is 3.68. The molecule has 0 aliphatic heterocycles. The maximum Gasteiger partial charge on any atom is 0.222 e. The van der Waals surface area contributed by atoms with Gasteiger partial charge in [0, 0.05) is 23.7 Å². The SMILES string of the molecule is CSC1CCCC1Nc1ncc(Br)cn1. The predicted molar refractivity (Wildman–Crippen MR) is 68.3 cm³/mol. The quantitative estimate of drug-likeness (QED) is 0.928. The number of nitrogens with one attached hydrogen (secondary N) is 1. The largest absolute Gasteiger partial charge is 0.350 e. The summed E-state index contributed by atoms with van der Waals surface area (Å²) in [6.45, 7) is 0. The Balaban J connectivity index is 1.99. The van der Waals surface area contributed by atoms with Crippen molar-refractivity contribution in [3.05, 3.63) is 16.9 Å². The Morgan fingerprint density at radius 1 is 1.40 bits per heavy atom. The average molecular weight is 288 g/mol. The van der Waals surface area contributed by atoms with Crippen LogP contribution in [0.15, 0.2) is 16.9 Å². The Labute approximate surface area is 103 Å². The van der Waals surface area contributed by atoms with Gasteiger partial charge in [0.25, 0.3) is 0 Å². The molecule has 2 rings (SSSR count). The van der Waals surface area contributed by atoms with Crippen molar-refractivity contribution in [3.8, 4) is 0 Å². The molecule has 1 aromatic rings. The van der Waals surface area contributed by atoms with Gasteiger partial charge in [-0.3, -0.25) is 0 Å². The van der Waals surface area contributed by atoms with E-state index in [-0.39, 0.29) is 0 Å². The number of hydrogen-bond acceptors (Lipinski definition) is 4. The number of thioether (sulfide) groups is 1. The molecule has 1 aromatic heterocycles. The van der Waals surface area contributed by atoms with Gasteiger partial charge in [0.15, 0.2) is 0 Å². The summed E-state index contributed by atoms with van der Waals surface area (Å²) in [6, 6.07) is 0.529. The van der Waals surface area contributed by atoms with Crippen LogP contribution < -0.4 is 5.32 Å². The van der Waals surface area contributed by atoms with Crippen molar-refractivity contribution >= 4 is 33.6 Å². The summed E-state index contributed by atoms with van der Waals surface area (Å²) >= 11 is 5.26. The minimum Gasteiger partial charge on any atom is -0.350 e. The van der Waals surface area contributed by atoms with Gasteiger partial charge >= 0.3 is 0 Å². The molecule has 5 heteroatoms. The van der Waals surface area contributed by atoms with Crippen LogP contribution in [0.5, 0.6) is 0 Å². The first-order valence-electron chi connectivity index (χ1n) is 5.06. The highest BCUT2D eigenvalue weighted by atomic mass is 79.9. The zero-order chi connectivity index (χ0) is 10.7. The fraction of sp³-hybridized carbons (Fsp3) is 0.600. The maximum atomic E-state index is 4.23. The molecule has 15 heavy (non-hydrogen) atoms. The molecule has 82 valence electrons. The summed E-state index contributed by atoms with van der Waals surface area (Å²) in [7, 11) is 0. The van der Waals surface area contributed by atoms with Crippen LogP contribution in [-0.4, -0.2) is 27.5 Å². The predicted octanol–water partition coefficient (Wildman–Crippen LogP) is 2.94. The number of rotatable bonds is 3. The highest BCUT2D eigenvalue weighted by molar-refractivity contribution is 9.10. The first-order chi connectivity index (χ1) is 7.29. The molecule has 0 amide bonds. The van der Waals surface area contributed by atoms with E-state index in [4.69, 9.17) is 0 Å². The van der Waals surface area contributed by atoms with E-state index in [9.17, 15) is 0 Å².